The molecule has 3 nitrogen and oxygen atoms in total. The molecule has 0 bridgehead atoms. The fourth-order valence-corrected chi connectivity index (χ4v) is 1.94. The Hall–Kier alpha value is -2.38. The van der Waals surface area contributed by atoms with Gasteiger partial charge in [0.25, 0.3) is 0 Å². The van der Waals surface area contributed by atoms with Gasteiger partial charge in [0.05, 0.1) is 11.6 Å². The molecule has 0 aromatic heterocycles. The number of rotatable bonds is 4. The van der Waals surface area contributed by atoms with Crippen molar-refractivity contribution in [2.75, 3.05) is 0 Å². The molecule has 0 aliphatic rings. The van der Waals surface area contributed by atoms with Gasteiger partial charge in [0.2, 0.25) is 0 Å². The molecule has 0 saturated heterocycles. The van der Waals surface area contributed by atoms with E-state index < -0.39 is 0 Å². The number of hydrogen-bond acceptors (Lipinski definition) is 3. The maximum atomic E-state index is 13.7. The zero-order valence-corrected chi connectivity index (χ0v) is 11.1. The number of nitrogens with zero attached hydrogens (tertiary/aromatic N) is 1. The minimum Gasteiger partial charge on any atom is -0.508 e. The molecule has 1 atom stereocenters. The molecule has 4 heteroatoms. The predicted molar refractivity (Wildman–Crippen MR) is 74.5 cm³/mol. The van der Waals surface area contributed by atoms with E-state index in [1.54, 1.807) is 30.3 Å². The molecule has 0 aliphatic heterocycles. The molecule has 0 spiro atoms. The molecule has 2 N–H and O–H groups in total. The van der Waals surface area contributed by atoms with Crippen LogP contribution in [-0.2, 0) is 6.54 Å². The van der Waals surface area contributed by atoms with E-state index in [-0.39, 0.29) is 17.6 Å². The predicted octanol–water partition coefficient (Wildman–Crippen LogP) is 3.25. The van der Waals surface area contributed by atoms with E-state index in [9.17, 15) is 9.50 Å². The van der Waals surface area contributed by atoms with E-state index in [0.717, 1.165) is 5.56 Å². The van der Waals surface area contributed by atoms with Gasteiger partial charge in [0.15, 0.2) is 0 Å². The first kappa shape index (κ1) is 14.0. The molecule has 2 rings (SSSR count). The summed E-state index contributed by atoms with van der Waals surface area (Å²) in [5.74, 6) is -0.180. The summed E-state index contributed by atoms with van der Waals surface area (Å²) in [6.45, 7) is 2.30. The van der Waals surface area contributed by atoms with Crippen LogP contribution in [0, 0.1) is 17.1 Å². The summed E-state index contributed by atoms with van der Waals surface area (Å²) in [6.07, 6.45) is 0. The van der Waals surface area contributed by atoms with Gasteiger partial charge >= 0.3 is 0 Å². The third-order valence-electron chi connectivity index (χ3n) is 3.15. The Morgan fingerprint density at radius 3 is 2.75 bits per heavy atom. The van der Waals surface area contributed by atoms with Gasteiger partial charge in [-0.3, -0.25) is 0 Å². The number of aromatic hydroxyl groups is 1. The van der Waals surface area contributed by atoms with Crippen molar-refractivity contribution in [1.82, 2.24) is 5.32 Å². The van der Waals surface area contributed by atoms with Gasteiger partial charge in [-0.2, -0.15) is 5.26 Å². The summed E-state index contributed by atoms with van der Waals surface area (Å²) < 4.78 is 13.7. The van der Waals surface area contributed by atoms with Crippen LogP contribution in [0.5, 0.6) is 5.75 Å². The van der Waals surface area contributed by atoms with Crippen molar-refractivity contribution in [1.29, 1.82) is 5.26 Å². The summed E-state index contributed by atoms with van der Waals surface area (Å²) in [5.41, 5.74) is 1.75. The summed E-state index contributed by atoms with van der Waals surface area (Å²) in [7, 11) is 0. The quantitative estimate of drug-likeness (QED) is 0.896. The van der Waals surface area contributed by atoms with Crippen LogP contribution in [-0.4, -0.2) is 5.11 Å². The summed E-state index contributed by atoms with van der Waals surface area (Å²) in [6, 6.07) is 13.3. The lowest BCUT2D eigenvalue weighted by atomic mass is 10.1. The average Bonchev–Trinajstić information content (AvgIpc) is 2.45. The van der Waals surface area contributed by atoms with E-state index in [0.29, 0.717) is 17.7 Å². The first-order valence-electron chi connectivity index (χ1n) is 6.31. The number of halogens is 1. The van der Waals surface area contributed by atoms with Crippen molar-refractivity contribution in [3.63, 3.8) is 0 Å². The minimum absolute atomic E-state index is 0.0165. The lowest BCUT2D eigenvalue weighted by molar-refractivity contribution is 0.471. The smallest absolute Gasteiger partial charge is 0.129 e. The molecule has 0 unspecified atom stereocenters. The molecular formula is C16H15FN2O. The Morgan fingerprint density at radius 2 is 2.10 bits per heavy atom. The van der Waals surface area contributed by atoms with Crippen LogP contribution in [0.1, 0.15) is 29.7 Å². The van der Waals surface area contributed by atoms with E-state index in [1.807, 2.05) is 19.1 Å². The van der Waals surface area contributed by atoms with Crippen LogP contribution in [0.15, 0.2) is 42.5 Å². The zero-order valence-electron chi connectivity index (χ0n) is 11.1. The fourth-order valence-electron chi connectivity index (χ4n) is 1.94. The minimum atomic E-state index is -0.389. The van der Waals surface area contributed by atoms with Gasteiger partial charge in [-0.05, 0) is 36.8 Å². The van der Waals surface area contributed by atoms with Crippen LogP contribution in [0.25, 0.3) is 0 Å². The summed E-state index contributed by atoms with van der Waals surface area (Å²) in [5, 5.41) is 21.3. The number of nitrogens with one attached hydrogen (secondary N) is 1. The molecule has 2 aromatic carbocycles. The number of phenolic OH excluding ortho intramolecular Hbond substituents is 1. The van der Waals surface area contributed by atoms with E-state index >= 15 is 0 Å². The maximum absolute atomic E-state index is 13.7. The summed E-state index contributed by atoms with van der Waals surface area (Å²) >= 11 is 0. The Kier molecular flexibility index (Phi) is 4.34. The van der Waals surface area contributed by atoms with Crippen molar-refractivity contribution in [2.24, 2.45) is 0 Å². The second kappa shape index (κ2) is 6.18. The van der Waals surface area contributed by atoms with E-state index in [1.165, 1.54) is 6.07 Å². The van der Waals surface area contributed by atoms with Gasteiger partial charge in [0.1, 0.15) is 11.6 Å². The lowest BCUT2D eigenvalue weighted by Gasteiger charge is -2.15. The standard InChI is InChI=1S/C16H15FN2O/c1-11(13-3-2-4-15(20)8-13)19-10-14-6-5-12(9-18)7-16(14)17/h2-8,11,19-20H,10H2,1H3/t11-/m0/s1. The normalized spacial score (nSPS) is 11.8. The molecule has 0 radical (unpaired) electrons. The van der Waals surface area contributed by atoms with Crippen LogP contribution < -0.4 is 5.32 Å². The Bertz CT molecular complexity index is 649. The highest BCUT2D eigenvalue weighted by atomic mass is 19.1. The van der Waals surface area contributed by atoms with Crippen LogP contribution in [0.4, 0.5) is 4.39 Å². The second-order valence-electron chi connectivity index (χ2n) is 4.62. The molecule has 0 heterocycles. The lowest BCUT2D eigenvalue weighted by Crippen LogP contribution is -2.18. The molecule has 102 valence electrons. The van der Waals surface area contributed by atoms with Crippen LogP contribution in [0.2, 0.25) is 0 Å². The van der Waals surface area contributed by atoms with Crippen molar-refractivity contribution in [3.8, 4) is 11.8 Å². The number of benzene rings is 2. The van der Waals surface area contributed by atoms with Crippen molar-refractivity contribution >= 4 is 0 Å². The third-order valence-corrected chi connectivity index (χ3v) is 3.15. The molecule has 0 amide bonds. The summed E-state index contributed by atoms with van der Waals surface area (Å²) in [4.78, 5) is 0. The van der Waals surface area contributed by atoms with Gasteiger partial charge in [-0.1, -0.05) is 18.2 Å². The fraction of sp³-hybridized carbons (Fsp3) is 0.188. The highest BCUT2D eigenvalue weighted by Gasteiger charge is 2.08. The molecule has 0 fully saturated rings. The zero-order chi connectivity index (χ0) is 14.5. The van der Waals surface area contributed by atoms with Crippen molar-refractivity contribution in [3.05, 3.63) is 65.0 Å². The van der Waals surface area contributed by atoms with Crippen LogP contribution in [0.3, 0.4) is 0 Å². The van der Waals surface area contributed by atoms with Gasteiger partial charge in [-0.25, -0.2) is 4.39 Å². The molecule has 20 heavy (non-hydrogen) atoms. The van der Waals surface area contributed by atoms with Gasteiger partial charge in [-0.15, -0.1) is 0 Å². The topological polar surface area (TPSA) is 56.0 Å². The second-order valence-corrected chi connectivity index (χ2v) is 4.62. The third kappa shape index (κ3) is 3.34. The average molecular weight is 270 g/mol. The molecule has 0 aliphatic carbocycles. The van der Waals surface area contributed by atoms with E-state index in [2.05, 4.69) is 5.32 Å². The first-order valence-corrected chi connectivity index (χ1v) is 6.31. The monoisotopic (exact) mass is 270 g/mol. The molecule has 0 saturated carbocycles. The Labute approximate surface area is 117 Å². The van der Waals surface area contributed by atoms with Crippen LogP contribution >= 0.6 is 0 Å². The van der Waals surface area contributed by atoms with Crippen molar-refractivity contribution < 1.29 is 9.50 Å². The number of phenols is 1. The van der Waals surface area contributed by atoms with E-state index in [4.69, 9.17) is 5.26 Å². The van der Waals surface area contributed by atoms with Crippen molar-refractivity contribution in [2.45, 2.75) is 19.5 Å². The SMILES string of the molecule is C[C@H](NCc1ccc(C#N)cc1F)c1cccc(O)c1. The number of hydrogen-bond donors (Lipinski definition) is 2. The largest absolute Gasteiger partial charge is 0.508 e. The van der Waals surface area contributed by atoms with Gasteiger partial charge in [0, 0.05) is 18.2 Å². The highest BCUT2D eigenvalue weighted by Crippen LogP contribution is 2.18. The highest BCUT2D eigenvalue weighted by molar-refractivity contribution is 5.33. The maximum Gasteiger partial charge on any atom is 0.129 e. The molecular weight excluding hydrogens is 255 g/mol. The van der Waals surface area contributed by atoms with Gasteiger partial charge < -0.3 is 10.4 Å². The number of nitriles is 1. The Balaban J connectivity index is 2.04. The Morgan fingerprint density at radius 1 is 1.30 bits per heavy atom. The first-order chi connectivity index (χ1) is 9.60. The molecule has 2 aromatic rings.